The molecule has 10 heteroatoms. The molecule has 0 unspecified atom stereocenters. The minimum absolute atomic E-state index is 0.0139. The lowest BCUT2D eigenvalue weighted by molar-refractivity contribution is -0.125. The Balaban J connectivity index is 1.23. The molecule has 172 valence electrons. The van der Waals surface area contributed by atoms with Crippen molar-refractivity contribution in [2.24, 2.45) is 0 Å². The number of nitrogens with one attached hydrogen (secondary N) is 1. The Morgan fingerprint density at radius 3 is 2.53 bits per heavy atom. The first-order chi connectivity index (χ1) is 16.3. The number of thiazole rings is 1. The molecule has 0 aliphatic carbocycles. The van der Waals surface area contributed by atoms with Crippen molar-refractivity contribution in [1.29, 1.82) is 0 Å². The van der Waals surface area contributed by atoms with Crippen LogP contribution >= 0.6 is 11.3 Å². The van der Waals surface area contributed by atoms with Gasteiger partial charge in [0, 0.05) is 31.0 Å². The smallest absolute Gasteiger partial charge is 0.267 e. The maximum atomic E-state index is 12.4. The molecule has 2 aliphatic heterocycles. The Labute approximate surface area is 199 Å². The van der Waals surface area contributed by atoms with Crippen LogP contribution in [0.1, 0.15) is 34.1 Å². The number of anilines is 2. The quantitative estimate of drug-likeness (QED) is 0.567. The fourth-order valence-electron chi connectivity index (χ4n) is 3.97. The lowest BCUT2D eigenvalue weighted by Crippen LogP contribution is -2.41. The van der Waals surface area contributed by atoms with Gasteiger partial charge in [0.1, 0.15) is 5.75 Å². The van der Waals surface area contributed by atoms with Crippen molar-refractivity contribution in [2.45, 2.75) is 19.4 Å². The lowest BCUT2D eigenvalue weighted by atomic mass is 10.1. The summed E-state index contributed by atoms with van der Waals surface area (Å²) in [6, 6.07) is 12.1. The highest BCUT2D eigenvalue weighted by atomic mass is 32.1. The monoisotopic (exact) mass is 476 g/mol. The van der Waals surface area contributed by atoms with Gasteiger partial charge in [-0.15, -0.1) is 11.3 Å². The summed E-state index contributed by atoms with van der Waals surface area (Å²) in [5.41, 5.74) is 2.78. The van der Waals surface area contributed by atoms with Crippen molar-refractivity contribution in [2.75, 3.05) is 23.8 Å². The molecule has 2 aliphatic rings. The van der Waals surface area contributed by atoms with E-state index in [2.05, 4.69) is 10.3 Å². The maximum absolute atomic E-state index is 12.4. The molecule has 0 fully saturated rings. The molecule has 0 spiro atoms. The zero-order valence-electron chi connectivity index (χ0n) is 18.4. The number of likely N-dealkylation sites (N-methyl/N-ethyl adjacent to an activating group) is 1. The summed E-state index contributed by atoms with van der Waals surface area (Å²) in [6.07, 6.45) is -0.577. The van der Waals surface area contributed by atoms with E-state index in [1.165, 1.54) is 11.3 Å². The summed E-state index contributed by atoms with van der Waals surface area (Å²) in [7, 11) is 1.70. The first-order valence-corrected chi connectivity index (χ1v) is 11.5. The van der Waals surface area contributed by atoms with Crippen LogP contribution in [0.15, 0.2) is 47.8 Å². The number of carbonyl (C=O) groups excluding carboxylic acids is 4. The van der Waals surface area contributed by atoms with Crippen molar-refractivity contribution in [3.8, 4) is 17.0 Å². The number of rotatable bonds is 5. The number of amides is 4. The van der Waals surface area contributed by atoms with Crippen molar-refractivity contribution in [1.82, 2.24) is 9.88 Å². The fraction of sp³-hybridized carbons (Fsp3) is 0.208. The number of ether oxygens (including phenoxy) is 1. The molecule has 1 atom stereocenters. The molecule has 34 heavy (non-hydrogen) atoms. The van der Waals surface area contributed by atoms with Gasteiger partial charge in [-0.05, 0) is 37.3 Å². The molecular formula is C24H20N4O5S. The average Bonchev–Trinajstić information content (AvgIpc) is 3.39. The van der Waals surface area contributed by atoms with Crippen molar-refractivity contribution < 1.29 is 23.9 Å². The van der Waals surface area contributed by atoms with Crippen LogP contribution in [0.2, 0.25) is 0 Å². The number of hydrogen-bond donors (Lipinski definition) is 1. The summed E-state index contributed by atoms with van der Waals surface area (Å²) < 4.78 is 5.65. The second kappa shape index (κ2) is 8.38. The molecule has 0 saturated carbocycles. The van der Waals surface area contributed by atoms with Crippen LogP contribution in [0.5, 0.6) is 5.75 Å². The van der Waals surface area contributed by atoms with Gasteiger partial charge in [-0.2, -0.15) is 0 Å². The molecule has 0 bridgehead atoms. The number of nitrogens with zero attached hydrogens (tertiary/aromatic N) is 3. The van der Waals surface area contributed by atoms with Gasteiger partial charge in [0.15, 0.2) is 11.2 Å². The van der Waals surface area contributed by atoms with Gasteiger partial charge in [-0.1, -0.05) is 12.1 Å². The fourth-order valence-corrected chi connectivity index (χ4v) is 4.71. The van der Waals surface area contributed by atoms with Crippen LogP contribution in [0, 0.1) is 0 Å². The molecule has 2 aromatic carbocycles. The summed E-state index contributed by atoms with van der Waals surface area (Å²) in [5, 5.41) is 4.92. The molecule has 5 rings (SSSR count). The molecule has 3 aromatic rings. The SMILES string of the molecule is C[C@H]1Oc2ccc(-c3csc(NC(=O)CCN4C(=O)c5ccccc5C4=O)n3)cc2N(C)C1=O. The summed E-state index contributed by atoms with van der Waals surface area (Å²) in [5.74, 6) is -0.641. The Morgan fingerprint density at radius 2 is 1.82 bits per heavy atom. The van der Waals surface area contributed by atoms with E-state index in [0.717, 1.165) is 10.5 Å². The molecule has 1 N–H and O–H groups in total. The minimum Gasteiger partial charge on any atom is -0.479 e. The zero-order valence-corrected chi connectivity index (χ0v) is 19.2. The van der Waals surface area contributed by atoms with E-state index in [-0.39, 0.29) is 36.6 Å². The number of aromatic nitrogens is 1. The number of hydrogen-bond acceptors (Lipinski definition) is 7. The van der Waals surface area contributed by atoms with E-state index < -0.39 is 6.10 Å². The van der Waals surface area contributed by atoms with Crippen molar-refractivity contribution >= 4 is 45.8 Å². The number of carbonyl (C=O) groups is 4. The van der Waals surface area contributed by atoms with Crippen LogP contribution in [-0.4, -0.2) is 53.2 Å². The molecule has 9 nitrogen and oxygen atoms in total. The van der Waals surface area contributed by atoms with Crippen molar-refractivity contribution in [3.05, 3.63) is 59.0 Å². The molecule has 0 saturated heterocycles. The molecule has 0 radical (unpaired) electrons. The van der Waals surface area contributed by atoms with Gasteiger partial charge < -0.3 is 15.0 Å². The Bertz CT molecular complexity index is 1320. The number of imide groups is 1. The highest BCUT2D eigenvalue weighted by Gasteiger charge is 2.35. The highest BCUT2D eigenvalue weighted by molar-refractivity contribution is 7.14. The van der Waals surface area contributed by atoms with Crippen LogP contribution < -0.4 is 15.0 Å². The summed E-state index contributed by atoms with van der Waals surface area (Å²) in [4.78, 5) is 56.6. The van der Waals surface area contributed by atoms with E-state index >= 15 is 0 Å². The topological polar surface area (TPSA) is 109 Å². The summed E-state index contributed by atoms with van der Waals surface area (Å²) in [6.45, 7) is 1.69. The number of fused-ring (bicyclic) bond motifs is 2. The normalized spacial score (nSPS) is 16.9. The minimum atomic E-state index is -0.537. The van der Waals surface area contributed by atoms with Gasteiger partial charge >= 0.3 is 0 Å². The lowest BCUT2D eigenvalue weighted by Gasteiger charge is -2.30. The first kappa shape index (κ1) is 21.8. The van der Waals surface area contributed by atoms with Gasteiger partial charge in [0.05, 0.1) is 22.5 Å². The maximum Gasteiger partial charge on any atom is 0.267 e. The second-order valence-corrected chi connectivity index (χ2v) is 8.84. The molecular weight excluding hydrogens is 456 g/mol. The third kappa shape index (κ3) is 3.71. The third-order valence-corrected chi connectivity index (χ3v) is 6.55. The Kier molecular flexibility index (Phi) is 5.37. The predicted octanol–water partition coefficient (Wildman–Crippen LogP) is 3.18. The standard InChI is InChI=1S/C24H20N4O5S/c1-13-21(30)27(2)18-11-14(7-8-19(18)33-13)17-12-34-24(25-17)26-20(29)9-10-28-22(31)15-5-3-4-6-16(15)23(28)32/h3-8,11-13H,9-10H2,1-2H3,(H,25,26,29)/t13-/m1/s1. The molecule has 4 amide bonds. The van der Waals surface area contributed by atoms with Crippen LogP contribution in [-0.2, 0) is 9.59 Å². The van der Waals surface area contributed by atoms with Crippen molar-refractivity contribution in [3.63, 3.8) is 0 Å². The van der Waals surface area contributed by atoms with E-state index in [4.69, 9.17) is 4.74 Å². The van der Waals surface area contributed by atoms with Gasteiger partial charge in [-0.25, -0.2) is 4.98 Å². The first-order valence-electron chi connectivity index (χ1n) is 10.6. The molecule has 1 aromatic heterocycles. The average molecular weight is 477 g/mol. The Morgan fingerprint density at radius 1 is 1.12 bits per heavy atom. The highest BCUT2D eigenvalue weighted by Crippen LogP contribution is 2.37. The third-order valence-electron chi connectivity index (χ3n) is 5.79. The van der Waals surface area contributed by atoms with Crippen LogP contribution in [0.3, 0.4) is 0 Å². The number of benzene rings is 2. The van der Waals surface area contributed by atoms with E-state index in [1.54, 1.807) is 54.6 Å². The Hall–Kier alpha value is -4.05. The van der Waals surface area contributed by atoms with Gasteiger partial charge in [-0.3, -0.25) is 24.1 Å². The van der Waals surface area contributed by atoms with E-state index in [0.29, 0.717) is 33.4 Å². The largest absolute Gasteiger partial charge is 0.479 e. The van der Waals surface area contributed by atoms with Gasteiger partial charge in [0.25, 0.3) is 17.7 Å². The zero-order chi connectivity index (χ0) is 24.0. The second-order valence-electron chi connectivity index (χ2n) is 7.98. The molecule has 3 heterocycles. The predicted molar refractivity (Wildman–Crippen MR) is 126 cm³/mol. The van der Waals surface area contributed by atoms with Gasteiger partial charge in [0.2, 0.25) is 5.91 Å². The van der Waals surface area contributed by atoms with E-state index in [1.807, 2.05) is 12.1 Å². The van der Waals surface area contributed by atoms with E-state index in [9.17, 15) is 19.2 Å². The summed E-state index contributed by atoms with van der Waals surface area (Å²) >= 11 is 1.26. The van der Waals surface area contributed by atoms with Crippen LogP contribution in [0.4, 0.5) is 10.8 Å². The van der Waals surface area contributed by atoms with Crippen LogP contribution in [0.25, 0.3) is 11.3 Å².